The monoisotopic (exact) mass is 342 g/mol. The van der Waals surface area contributed by atoms with Crippen molar-refractivity contribution in [3.8, 4) is 0 Å². The molecule has 0 spiro atoms. The van der Waals surface area contributed by atoms with Gasteiger partial charge in [0, 0.05) is 0 Å². The Bertz CT molecular complexity index is 704. The highest BCUT2D eigenvalue weighted by Crippen LogP contribution is 2.33. The van der Waals surface area contributed by atoms with Gasteiger partial charge in [-0.25, -0.2) is 4.79 Å². The number of imide groups is 1. The molecule has 1 aliphatic heterocycles. The van der Waals surface area contributed by atoms with Gasteiger partial charge in [-0.15, -0.1) is 0 Å². The Morgan fingerprint density at radius 3 is 2.62 bits per heavy atom. The number of benzene rings is 1. The van der Waals surface area contributed by atoms with Crippen LogP contribution in [0.3, 0.4) is 0 Å². The van der Waals surface area contributed by atoms with Crippen LogP contribution in [0.4, 0.5) is 18.0 Å². The maximum Gasteiger partial charge on any atom is 0.416 e. The lowest BCUT2D eigenvalue weighted by atomic mass is 9.89. The predicted octanol–water partition coefficient (Wildman–Crippen LogP) is 1.87. The summed E-state index contributed by atoms with van der Waals surface area (Å²) in [5.74, 6) is -0.797. The van der Waals surface area contributed by atoms with Gasteiger partial charge in [-0.05, 0) is 42.9 Å². The molecule has 0 radical (unpaired) electrons. The molecule has 0 bridgehead atoms. The summed E-state index contributed by atoms with van der Waals surface area (Å²) in [5, 5.41) is 11.6. The first-order valence-electron chi connectivity index (χ1n) is 7.64. The maximum absolute atomic E-state index is 12.6. The number of carbonyl (C=O) groups excluding carboxylic acids is 2. The summed E-state index contributed by atoms with van der Waals surface area (Å²) in [6.07, 6.45) is -4.82. The van der Waals surface area contributed by atoms with E-state index in [9.17, 15) is 22.8 Å². The molecule has 0 saturated carbocycles. The first-order valence-corrected chi connectivity index (χ1v) is 7.64. The molecule has 2 N–H and O–H groups in total. The van der Waals surface area contributed by atoms with E-state index in [4.69, 9.17) is 5.11 Å². The van der Waals surface area contributed by atoms with Crippen LogP contribution in [0, 0.1) is 0 Å². The van der Waals surface area contributed by atoms with Crippen LogP contribution in [-0.4, -0.2) is 40.8 Å². The van der Waals surface area contributed by atoms with Crippen molar-refractivity contribution in [3.05, 3.63) is 34.9 Å². The number of nitrogens with zero attached hydrogens (tertiary/aromatic N) is 1. The van der Waals surface area contributed by atoms with Crippen molar-refractivity contribution in [2.45, 2.75) is 44.0 Å². The zero-order valence-electron chi connectivity index (χ0n) is 13.0. The minimum absolute atomic E-state index is 0.422. The van der Waals surface area contributed by atoms with Crippen LogP contribution in [0.5, 0.6) is 0 Å². The summed E-state index contributed by atoms with van der Waals surface area (Å²) in [5.41, 5.74) is 1.37. The molecule has 1 heterocycles. The van der Waals surface area contributed by atoms with Crippen LogP contribution < -0.4 is 5.32 Å². The Labute approximate surface area is 136 Å². The zero-order chi connectivity index (χ0) is 17.7. The Morgan fingerprint density at radius 2 is 1.96 bits per heavy atom. The fraction of sp³-hybridized carbons (Fsp3) is 0.500. The van der Waals surface area contributed by atoms with E-state index >= 15 is 0 Å². The largest absolute Gasteiger partial charge is 0.416 e. The molecule has 2 atom stereocenters. The van der Waals surface area contributed by atoms with E-state index in [0.29, 0.717) is 10.5 Å². The number of β-amino-alcohol motifs (C(OH)–C–C–N with tert-alkyl or cyclic N) is 1. The summed E-state index contributed by atoms with van der Waals surface area (Å²) >= 11 is 0. The zero-order valence-corrected chi connectivity index (χ0v) is 13.0. The highest BCUT2D eigenvalue weighted by Gasteiger charge is 2.51. The Kier molecular flexibility index (Phi) is 3.82. The SMILES string of the molecule is CC1(c2ccc3c(c2)CCC3)NC(=O)N(CC(O)C(F)(F)F)C1=O. The van der Waals surface area contributed by atoms with E-state index in [0.717, 1.165) is 24.8 Å². The number of amides is 3. The average molecular weight is 342 g/mol. The van der Waals surface area contributed by atoms with E-state index < -0.39 is 36.3 Å². The quantitative estimate of drug-likeness (QED) is 0.824. The van der Waals surface area contributed by atoms with Crippen molar-refractivity contribution < 1.29 is 27.9 Å². The van der Waals surface area contributed by atoms with Crippen molar-refractivity contribution in [2.75, 3.05) is 6.54 Å². The number of aryl methyl sites for hydroxylation is 2. The second-order valence-corrected chi connectivity index (χ2v) is 6.37. The fourth-order valence-electron chi connectivity index (χ4n) is 3.22. The Balaban J connectivity index is 1.87. The van der Waals surface area contributed by atoms with Crippen LogP contribution in [0.15, 0.2) is 18.2 Å². The standard InChI is InChI=1S/C16H17F3N2O3/c1-15(11-6-5-9-3-2-4-10(9)7-11)13(23)21(14(24)20-15)8-12(22)16(17,18)19/h5-7,12,22H,2-4,8H2,1H3,(H,20,24). The summed E-state index contributed by atoms with van der Waals surface area (Å²) in [6.45, 7) is 0.346. The lowest BCUT2D eigenvalue weighted by molar-refractivity contribution is -0.206. The van der Waals surface area contributed by atoms with Crippen molar-refractivity contribution in [1.29, 1.82) is 0 Å². The molecular weight excluding hydrogens is 325 g/mol. The van der Waals surface area contributed by atoms with Gasteiger partial charge in [0.25, 0.3) is 5.91 Å². The van der Waals surface area contributed by atoms with Crippen LogP contribution >= 0.6 is 0 Å². The maximum atomic E-state index is 12.6. The van der Waals surface area contributed by atoms with Crippen molar-refractivity contribution in [3.63, 3.8) is 0 Å². The third-order valence-electron chi connectivity index (χ3n) is 4.68. The van der Waals surface area contributed by atoms with Gasteiger partial charge in [-0.2, -0.15) is 13.2 Å². The second kappa shape index (κ2) is 5.47. The number of rotatable bonds is 3. The predicted molar refractivity (Wildman–Crippen MR) is 78.1 cm³/mol. The van der Waals surface area contributed by atoms with Gasteiger partial charge in [0.15, 0.2) is 6.10 Å². The fourth-order valence-corrected chi connectivity index (χ4v) is 3.22. The molecule has 1 aromatic carbocycles. The number of urea groups is 1. The molecule has 0 aromatic heterocycles. The number of halogens is 3. The van der Waals surface area contributed by atoms with E-state index in [-0.39, 0.29) is 0 Å². The summed E-state index contributed by atoms with van der Waals surface area (Å²) in [4.78, 5) is 25.0. The molecule has 5 nitrogen and oxygen atoms in total. The molecule has 24 heavy (non-hydrogen) atoms. The van der Waals surface area contributed by atoms with Gasteiger partial charge in [0.2, 0.25) is 0 Å². The van der Waals surface area contributed by atoms with Crippen LogP contribution in [0.2, 0.25) is 0 Å². The van der Waals surface area contributed by atoms with Crippen molar-refractivity contribution in [1.82, 2.24) is 10.2 Å². The number of fused-ring (bicyclic) bond motifs is 1. The molecule has 1 aliphatic carbocycles. The molecule has 130 valence electrons. The van der Waals surface area contributed by atoms with E-state index in [1.54, 1.807) is 6.07 Å². The van der Waals surface area contributed by atoms with E-state index in [2.05, 4.69) is 5.32 Å². The highest BCUT2D eigenvalue weighted by molar-refractivity contribution is 6.07. The number of hydrogen-bond donors (Lipinski definition) is 2. The second-order valence-electron chi connectivity index (χ2n) is 6.37. The molecule has 3 rings (SSSR count). The Morgan fingerprint density at radius 1 is 1.29 bits per heavy atom. The van der Waals surface area contributed by atoms with Gasteiger partial charge >= 0.3 is 12.2 Å². The molecule has 1 saturated heterocycles. The lowest BCUT2D eigenvalue weighted by Gasteiger charge is -2.24. The normalized spacial score (nSPS) is 25.0. The lowest BCUT2D eigenvalue weighted by Crippen LogP contribution is -2.45. The highest BCUT2D eigenvalue weighted by atomic mass is 19.4. The van der Waals surface area contributed by atoms with E-state index in [1.807, 2.05) is 12.1 Å². The first-order chi connectivity index (χ1) is 11.1. The number of hydrogen-bond acceptors (Lipinski definition) is 3. The molecule has 8 heteroatoms. The molecule has 1 fully saturated rings. The van der Waals surface area contributed by atoms with Gasteiger partial charge in [-0.1, -0.05) is 18.2 Å². The smallest absolute Gasteiger partial charge is 0.382 e. The third kappa shape index (κ3) is 2.64. The number of carbonyl (C=O) groups is 2. The van der Waals surface area contributed by atoms with Gasteiger partial charge < -0.3 is 10.4 Å². The summed E-state index contributed by atoms with van der Waals surface area (Å²) < 4.78 is 37.5. The third-order valence-corrected chi connectivity index (χ3v) is 4.68. The first kappa shape index (κ1) is 16.8. The van der Waals surface area contributed by atoms with Crippen LogP contribution in [0.1, 0.15) is 30.0 Å². The van der Waals surface area contributed by atoms with E-state index in [1.165, 1.54) is 12.5 Å². The molecule has 2 unspecified atom stereocenters. The van der Waals surface area contributed by atoms with Crippen LogP contribution in [0.25, 0.3) is 0 Å². The van der Waals surface area contributed by atoms with Gasteiger partial charge in [0.05, 0.1) is 6.54 Å². The molecular formula is C16H17F3N2O3. The number of nitrogens with one attached hydrogen (secondary N) is 1. The minimum Gasteiger partial charge on any atom is -0.382 e. The molecule has 2 aliphatic rings. The topological polar surface area (TPSA) is 69.6 Å². The number of aliphatic hydroxyl groups is 1. The van der Waals surface area contributed by atoms with Gasteiger partial charge in [-0.3, -0.25) is 9.69 Å². The van der Waals surface area contributed by atoms with Crippen molar-refractivity contribution >= 4 is 11.9 Å². The molecule has 3 amide bonds. The average Bonchev–Trinajstić information content (AvgIpc) is 3.04. The minimum atomic E-state index is -4.90. The van der Waals surface area contributed by atoms with Crippen LogP contribution in [-0.2, 0) is 23.2 Å². The molecule has 1 aromatic rings. The van der Waals surface area contributed by atoms with Crippen molar-refractivity contribution in [2.24, 2.45) is 0 Å². The van der Waals surface area contributed by atoms with Gasteiger partial charge in [0.1, 0.15) is 5.54 Å². The number of aliphatic hydroxyl groups excluding tert-OH is 1. The summed E-state index contributed by atoms with van der Waals surface area (Å²) in [7, 11) is 0. The Hall–Kier alpha value is -2.09. The number of alkyl halides is 3. The summed E-state index contributed by atoms with van der Waals surface area (Å²) in [6, 6.07) is 4.48.